The molecule has 0 aliphatic carbocycles. The van der Waals surface area contributed by atoms with Crippen LogP contribution < -0.4 is 0 Å². The number of carbonyl (C=O) groups excluding carboxylic acids is 2. The maximum Gasteiger partial charge on any atom is 0.337 e. The molecule has 21 heavy (non-hydrogen) atoms. The van der Waals surface area contributed by atoms with Crippen molar-refractivity contribution in [3.8, 4) is 0 Å². The predicted octanol–water partition coefficient (Wildman–Crippen LogP) is 1.20. The second-order valence-corrected chi connectivity index (χ2v) is 5.18. The van der Waals surface area contributed by atoms with Crippen LogP contribution in [0.25, 0.3) is 0 Å². The first kappa shape index (κ1) is 15.2. The van der Waals surface area contributed by atoms with Crippen molar-refractivity contribution < 1.29 is 24.2 Å². The van der Waals surface area contributed by atoms with Gasteiger partial charge in [0.2, 0.25) is 11.8 Å². The van der Waals surface area contributed by atoms with Gasteiger partial charge in [-0.1, -0.05) is 30.3 Å². The van der Waals surface area contributed by atoms with Gasteiger partial charge >= 0.3 is 5.97 Å². The van der Waals surface area contributed by atoms with Gasteiger partial charge in [0.1, 0.15) is 0 Å². The highest BCUT2D eigenvalue weighted by Crippen LogP contribution is 2.21. The van der Waals surface area contributed by atoms with Crippen LogP contribution in [0.5, 0.6) is 0 Å². The quantitative estimate of drug-likeness (QED) is 0.796. The molecule has 2 rings (SSSR count). The molecule has 1 heterocycles. The van der Waals surface area contributed by atoms with Crippen LogP contribution in [0, 0.1) is 0 Å². The average Bonchev–Trinajstić information content (AvgIpc) is 2.78. The molecule has 112 valence electrons. The Labute approximate surface area is 122 Å². The minimum atomic E-state index is -1.62. The Kier molecular flexibility index (Phi) is 4.37. The van der Waals surface area contributed by atoms with E-state index in [9.17, 15) is 19.5 Å². The van der Waals surface area contributed by atoms with Gasteiger partial charge in [0.05, 0.1) is 13.2 Å². The highest BCUT2D eigenvalue weighted by molar-refractivity contribution is 6.02. The van der Waals surface area contributed by atoms with E-state index < -0.39 is 11.6 Å². The van der Waals surface area contributed by atoms with Crippen LogP contribution >= 0.6 is 0 Å². The number of carboxylic acids is 1. The summed E-state index contributed by atoms with van der Waals surface area (Å²) in [5.74, 6) is -1.91. The third kappa shape index (κ3) is 3.46. The van der Waals surface area contributed by atoms with Crippen molar-refractivity contribution in [3.63, 3.8) is 0 Å². The molecule has 1 saturated heterocycles. The molecular weight excluding hydrogens is 274 g/mol. The Balaban J connectivity index is 2.07. The number of likely N-dealkylation sites (tertiary alicyclic amines) is 1. The highest BCUT2D eigenvalue weighted by atomic mass is 16.5. The number of rotatable bonds is 6. The van der Waals surface area contributed by atoms with E-state index in [2.05, 4.69) is 0 Å². The molecule has 1 N–H and O–H groups in total. The number of nitrogens with zero attached hydrogens (tertiary/aromatic N) is 1. The van der Waals surface area contributed by atoms with Crippen molar-refractivity contribution >= 4 is 17.8 Å². The Hall–Kier alpha value is -2.21. The van der Waals surface area contributed by atoms with Crippen molar-refractivity contribution in [2.24, 2.45) is 0 Å². The van der Waals surface area contributed by atoms with Crippen molar-refractivity contribution in [1.82, 2.24) is 4.90 Å². The second-order valence-electron chi connectivity index (χ2n) is 5.18. The van der Waals surface area contributed by atoms with Crippen molar-refractivity contribution in [2.45, 2.75) is 32.0 Å². The maximum absolute atomic E-state index is 11.6. The number of imide groups is 1. The molecule has 2 amide bonds. The molecule has 1 unspecified atom stereocenters. The lowest BCUT2D eigenvalue weighted by Crippen LogP contribution is -2.50. The normalized spacial score (nSPS) is 17.9. The molecule has 1 aromatic carbocycles. The van der Waals surface area contributed by atoms with Gasteiger partial charge in [0.15, 0.2) is 5.60 Å². The first-order valence-corrected chi connectivity index (χ1v) is 6.67. The Morgan fingerprint density at radius 1 is 1.24 bits per heavy atom. The molecule has 6 heteroatoms. The lowest BCUT2D eigenvalue weighted by Gasteiger charge is -2.29. The van der Waals surface area contributed by atoms with Gasteiger partial charge in [-0.25, -0.2) is 4.79 Å². The molecule has 1 atom stereocenters. The topological polar surface area (TPSA) is 83.9 Å². The average molecular weight is 291 g/mol. The van der Waals surface area contributed by atoms with Gasteiger partial charge in [-0.15, -0.1) is 0 Å². The van der Waals surface area contributed by atoms with E-state index in [4.69, 9.17) is 4.74 Å². The van der Waals surface area contributed by atoms with Crippen molar-refractivity contribution in [2.75, 3.05) is 6.54 Å². The molecule has 6 nitrogen and oxygen atoms in total. The van der Waals surface area contributed by atoms with Crippen LogP contribution in [-0.4, -0.2) is 39.9 Å². The largest absolute Gasteiger partial charge is 0.479 e. The summed E-state index contributed by atoms with van der Waals surface area (Å²) in [6.07, 6.45) is 0.264. The summed E-state index contributed by atoms with van der Waals surface area (Å²) in [5.41, 5.74) is -0.796. The van der Waals surface area contributed by atoms with Crippen LogP contribution in [0.1, 0.15) is 25.3 Å². The summed E-state index contributed by atoms with van der Waals surface area (Å²) < 4.78 is 5.49. The monoisotopic (exact) mass is 291 g/mol. The van der Waals surface area contributed by atoms with Crippen molar-refractivity contribution in [3.05, 3.63) is 35.9 Å². The highest BCUT2D eigenvalue weighted by Gasteiger charge is 2.41. The molecule has 1 aromatic rings. The van der Waals surface area contributed by atoms with E-state index in [1.807, 2.05) is 30.3 Å². The summed E-state index contributed by atoms with van der Waals surface area (Å²) >= 11 is 0. The number of carboxylic acid groups (broad SMARTS) is 1. The Bertz CT molecular complexity index is 540. The molecule has 0 aromatic heterocycles. The van der Waals surface area contributed by atoms with Crippen LogP contribution in [-0.2, 0) is 25.7 Å². The number of hydrogen-bond donors (Lipinski definition) is 1. The molecule has 0 spiro atoms. The maximum atomic E-state index is 11.6. The van der Waals surface area contributed by atoms with Crippen LogP contribution in [0.2, 0.25) is 0 Å². The second kappa shape index (κ2) is 6.05. The molecule has 1 aliphatic heterocycles. The number of hydrogen-bond acceptors (Lipinski definition) is 4. The van der Waals surface area contributed by atoms with Gasteiger partial charge < -0.3 is 9.84 Å². The zero-order valence-electron chi connectivity index (χ0n) is 11.7. The number of amides is 2. The summed E-state index contributed by atoms with van der Waals surface area (Å²) in [6, 6.07) is 9.12. The predicted molar refractivity (Wildman–Crippen MR) is 73.2 cm³/mol. The van der Waals surface area contributed by atoms with Gasteiger partial charge in [0.25, 0.3) is 0 Å². The number of aliphatic carboxylic acids is 1. The summed E-state index contributed by atoms with van der Waals surface area (Å²) in [6.45, 7) is 1.20. The van der Waals surface area contributed by atoms with E-state index in [1.165, 1.54) is 6.92 Å². The van der Waals surface area contributed by atoms with E-state index in [0.717, 1.165) is 10.5 Å². The van der Waals surface area contributed by atoms with E-state index in [1.54, 1.807) is 0 Å². The summed E-state index contributed by atoms with van der Waals surface area (Å²) in [7, 11) is 0. The van der Waals surface area contributed by atoms with Crippen LogP contribution in [0.4, 0.5) is 0 Å². The first-order chi connectivity index (χ1) is 9.92. The van der Waals surface area contributed by atoms with E-state index in [0.29, 0.717) is 0 Å². The van der Waals surface area contributed by atoms with Crippen molar-refractivity contribution in [1.29, 1.82) is 0 Å². The SMILES string of the molecule is CC(CN1C(=O)CCC1=O)(OCc1ccccc1)C(=O)O. The van der Waals surface area contributed by atoms with E-state index in [-0.39, 0.29) is 37.8 Å². The molecule has 0 saturated carbocycles. The number of ether oxygens (including phenoxy) is 1. The molecule has 0 radical (unpaired) electrons. The minimum absolute atomic E-state index is 0.0971. The zero-order valence-corrected chi connectivity index (χ0v) is 11.7. The summed E-state index contributed by atoms with van der Waals surface area (Å²) in [5, 5.41) is 9.37. The fourth-order valence-corrected chi connectivity index (χ4v) is 2.09. The van der Waals surface area contributed by atoms with Gasteiger partial charge in [-0.2, -0.15) is 0 Å². The lowest BCUT2D eigenvalue weighted by molar-refractivity contribution is -0.170. The van der Waals surface area contributed by atoms with Crippen LogP contribution in [0.15, 0.2) is 30.3 Å². The third-order valence-electron chi connectivity index (χ3n) is 3.47. The standard InChI is InChI=1S/C15H17NO5/c1-15(14(19)20,10-16-12(17)7-8-13(16)18)21-9-11-5-3-2-4-6-11/h2-6H,7-10H2,1H3,(H,19,20). The Morgan fingerprint density at radius 3 is 2.33 bits per heavy atom. The van der Waals surface area contributed by atoms with Gasteiger partial charge in [0, 0.05) is 12.8 Å². The Morgan fingerprint density at radius 2 is 1.81 bits per heavy atom. The third-order valence-corrected chi connectivity index (χ3v) is 3.47. The molecule has 1 aliphatic rings. The van der Waals surface area contributed by atoms with Crippen LogP contribution in [0.3, 0.4) is 0 Å². The molecule has 0 bridgehead atoms. The molecule has 1 fully saturated rings. The first-order valence-electron chi connectivity index (χ1n) is 6.67. The van der Waals surface area contributed by atoms with Gasteiger partial charge in [-0.3, -0.25) is 14.5 Å². The smallest absolute Gasteiger partial charge is 0.337 e. The molecular formula is C15H17NO5. The minimum Gasteiger partial charge on any atom is -0.479 e. The lowest BCUT2D eigenvalue weighted by atomic mass is 10.1. The number of benzene rings is 1. The number of carbonyl (C=O) groups is 3. The van der Waals surface area contributed by atoms with Gasteiger partial charge in [-0.05, 0) is 12.5 Å². The summed E-state index contributed by atoms with van der Waals surface area (Å²) in [4.78, 5) is 35.7. The fourth-order valence-electron chi connectivity index (χ4n) is 2.09. The zero-order chi connectivity index (χ0) is 15.5. The van der Waals surface area contributed by atoms with E-state index >= 15 is 0 Å². The fraction of sp³-hybridized carbons (Fsp3) is 0.400.